The van der Waals surface area contributed by atoms with E-state index in [1.54, 1.807) is 0 Å². The summed E-state index contributed by atoms with van der Waals surface area (Å²) in [6, 6.07) is 41.2. The van der Waals surface area contributed by atoms with Crippen LogP contribution in [0, 0.1) is 0 Å². The molecule has 0 amide bonds. The fraction of sp³-hybridized carbons (Fsp3) is 0.176. The Hall–Kier alpha value is -3.66. The van der Waals surface area contributed by atoms with Crippen molar-refractivity contribution in [1.82, 2.24) is 0 Å². The second-order valence-electron chi connectivity index (χ2n) is 10.9. The van der Waals surface area contributed by atoms with Crippen molar-refractivity contribution in [3.63, 3.8) is 0 Å². The molecule has 5 aromatic carbocycles. The highest BCUT2D eigenvalue weighted by molar-refractivity contribution is 6.62. The van der Waals surface area contributed by atoms with E-state index in [1.165, 1.54) is 44.2 Å². The van der Waals surface area contributed by atoms with E-state index in [9.17, 15) is 0 Å². The van der Waals surface area contributed by atoms with E-state index in [2.05, 4.69) is 137 Å². The number of rotatable bonds is 4. The molecule has 0 saturated carbocycles. The maximum absolute atomic E-state index is 6.25. The molecule has 1 saturated heterocycles. The van der Waals surface area contributed by atoms with Gasteiger partial charge in [0.25, 0.3) is 0 Å². The van der Waals surface area contributed by atoms with Gasteiger partial charge >= 0.3 is 7.12 Å². The predicted octanol–water partition coefficient (Wildman–Crippen LogP) is 8.14. The number of benzene rings is 5. The van der Waals surface area contributed by atoms with E-state index < -0.39 is 0 Å². The Bertz CT molecular complexity index is 1540. The van der Waals surface area contributed by atoms with Gasteiger partial charge in [-0.1, -0.05) is 109 Å². The molecule has 3 heteroatoms. The van der Waals surface area contributed by atoms with E-state index in [4.69, 9.17) is 9.31 Å². The number of fused-ring (bicyclic) bond motifs is 1. The molecule has 37 heavy (non-hydrogen) atoms. The number of hydrogen-bond acceptors (Lipinski definition) is 2. The first-order valence-corrected chi connectivity index (χ1v) is 12.9. The van der Waals surface area contributed by atoms with Crippen LogP contribution in [0.2, 0.25) is 0 Å². The zero-order chi connectivity index (χ0) is 25.6. The van der Waals surface area contributed by atoms with Crippen molar-refractivity contribution in [2.75, 3.05) is 0 Å². The van der Waals surface area contributed by atoms with Gasteiger partial charge in [0.05, 0.1) is 11.2 Å². The van der Waals surface area contributed by atoms with Crippen LogP contribution in [0.25, 0.3) is 44.2 Å². The van der Waals surface area contributed by atoms with Gasteiger partial charge in [-0.15, -0.1) is 0 Å². The zero-order valence-electron chi connectivity index (χ0n) is 21.9. The van der Waals surface area contributed by atoms with E-state index in [-0.39, 0.29) is 18.3 Å². The molecule has 1 heterocycles. The van der Waals surface area contributed by atoms with Gasteiger partial charge in [0.15, 0.2) is 0 Å². The van der Waals surface area contributed by atoms with Gasteiger partial charge in [0.1, 0.15) is 0 Å². The van der Waals surface area contributed by atoms with Gasteiger partial charge in [-0.25, -0.2) is 0 Å². The van der Waals surface area contributed by atoms with Gasteiger partial charge < -0.3 is 9.31 Å². The van der Waals surface area contributed by atoms with E-state index in [0.29, 0.717) is 0 Å². The van der Waals surface area contributed by atoms with Crippen LogP contribution < -0.4 is 5.46 Å². The Labute approximate surface area is 220 Å². The summed E-state index contributed by atoms with van der Waals surface area (Å²) >= 11 is 0. The highest BCUT2D eigenvalue weighted by atomic mass is 16.7. The Morgan fingerprint density at radius 1 is 0.432 bits per heavy atom. The summed E-state index contributed by atoms with van der Waals surface area (Å²) in [6.07, 6.45) is 0. The predicted molar refractivity (Wildman–Crippen MR) is 156 cm³/mol. The van der Waals surface area contributed by atoms with Crippen molar-refractivity contribution in [3.05, 3.63) is 115 Å². The second-order valence-corrected chi connectivity index (χ2v) is 10.9. The Morgan fingerprint density at radius 2 is 0.838 bits per heavy atom. The summed E-state index contributed by atoms with van der Waals surface area (Å²) < 4.78 is 12.5. The first-order valence-electron chi connectivity index (χ1n) is 12.9. The van der Waals surface area contributed by atoms with Crippen LogP contribution in [-0.4, -0.2) is 18.3 Å². The van der Waals surface area contributed by atoms with Gasteiger partial charge in [0, 0.05) is 0 Å². The summed E-state index contributed by atoms with van der Waals surface area (Å²) in [5, 5.41) is 2.39. The van der Waals surface area contributed by atoms with Crippen molar-refractivity contribution in [2.45, 2.75) is 38.9 Å². The third kappa shape index (κ3) is 4.50. The molecule has 182 valence electrons. The maximum Gasteiger partial charge on any atom is 0.494 e. The molecule has 0 aromatic heterocycles. The molecule has 2 nitrogen and oxygen atoms in total. The molecule has 0 bridgehead atoms. The first-order chi connectivity index (χ1) is 17.8. The molecule has 0 spiro atoms. The fourth-order valence-electron chi connectivity index (χ4n) is 4.91. The average Bonchev–Trinajstić information content (AvgIpc) is 3.15. The molecule has 0 atom stereocenters. The lowest BCUT2D eigenvalue weighted by Gasteiger charge is -2.32. The molecular formula is C34H31BO2. The standard InChI is InChI=1S/C34H31BO2/c1-33(2)34(3,4)37-35(36-33)32-21-20-30-22-29(18-19-31(30)23-32)28-16-14-27(15-17-28)26-12-10-25(11-13-26)24-8-6-5-7-9-24/h5-23H,1-4H3. The molecule has 6 rings (SSSR count). The smallest absolute Gasteiger partial charge is 0.399 e. The number of hydrogen-bond donors (Lipinski definition) is 0. The van der Waals surface area contributed by atoms with Gasteiger partial charge in [-0.2, -0.15) is 0 Å². The summed E-state index contributed by atoms with van der Waals surface area (Å²) in [7, 11) is -0.344. The molecule has 1 aliphatic heterocycles. The third-order valence-electron chi connectivity index (χ3n) is 7.93. The topological polar surface area (TPSA) is 18.5 Å². The molecule has 0 unspecified atom stereocenters. The average molecular weight is 482 g/mol. The van der Waals surface area contributed by atoms with Crippen molar-refractivity contribution >= 4 is 23.4 Å². The quantitative estimate of drug-likeness (QED) is 0.241. The fourth-order valence-corrected chi connectivity index (χ4v) is 4.91. The lowest BCUT2D eigenvalue weighted by Crippen LogP contribution is -2.41. The van der Waals surface area contributed by atoms with Crippen LogP contribution in [-0.2, 0) is 9.31 Å². The van der Waals surface area contributed by atoms with Crippen LogP contribution in [0.5, 0.6) is 0 Å². The minimum absolute atomic E-state index is 0.341. The molecule has 0 aliphatic carbocycles. The molecule has 1 aliphatic rings. The van der Waals surface area contributed by atoms with Crippen molar-refractivity contribution in [1.29, 1.82) is 0 Å². The highest BCUT2D eigenvalue weighted by Crippen LogP contribution is 2.37. The SMILES string of the molecule is CC1(C)OB(c2ccc3cc(-c4ccc(-c5ccc(-c6ccccc6)cc5)cc4)ccc3c2)OC1(C)C. The second kappa shape index (κ2) is 9.02. The normalized spacial score (nSPS) is 16.3. The Morgan fingerprint density at radius 3 is 1.38 bits per heavy atom. The van der Waals surface area contributed by atoms with Crippen molar-refractivity contribution in [2.24, 2.45) is 0 Å². The minimum atomic E-state index is -0.344. The molecule has 0 N–H and O–H groups in total. The van der Waals surface area contributed by atoms with E-state index >= 15 is 0 Å². The lowest BCUT2D eigenvalue weighted by atomic mass is 9.78. The van der Waals surface area contributed by atoms with Gasteiger partial charge in [0.2, 0.25) is 0 Å². The van der Waals surface area contributed by atoms with E-state index in [1.807, 2.05) is 6.07 Å². The van der Waals surface area contributed by atoms with Crippen LogP contribution >= 0.6 is 0 Å². The summed E-state index contributed by atoms with van der Waals surface area (Å²) in [5.74, 6) is 0. The molecular weight excluding hydrogens is 451 g/mol. The zero-order valence-corrected chi connectivity index (χ0v) is 21.9. The third-order valence-corrected chi connectivity index (χ3v) is 7.93. The highest BCUT2D eigenvalue weighted by Gasteiger charge is 2.51. The van der Waals surface area contributed by atoms with E-state index in [0.717, 1.165) is 5.46 Å². The van der Waals surface area contributed by atoms with Crippen molar-refractivity contribution in [3.8, 4) is 33.4 Å². The van der Waals surface area contributed by atoms with Crippen LogP contribution in [0.3, 0.4) is 0 Å². The van der Waals surface area contributed by atoms with Crippen LogP contribution in [0.15, 0.2) is 115 Å². The Balaban J connectivity index is 1.22. The van der Waals surface area contributed by atoms with Gasteiger partial charge in [-0.05, 0) is 83.4 Å². The summed E-state index contributed by atoms with van der Waals surface area (Å²) in [4.78, 5) is 0. The largest absolute Gasteiger partial charge is 0.494 e. The lowest BCUT2D eigenvalue weighted by molar-refractivity contribution is 0.00578. The summed E-state index contributed by atoms with van der Waals surface area (Å²) in [6.45, 7) is 8.35. The maximum atomic E-state index is 6.25. The van der Waals surface area contributed by atoms with Gasteiger partial charge in [-0.3, -0.25) is 0 Å². The van der Waals surface area contributed by atoms with Crippen LogP contribution in [0.1, 0.15) is 27.7 Å². The monoisotopic (exact) mass is 482 g/mol. The van der Waals surface area contributed by atoms with Crippen LogP contribution in [0.4, 0.5) is 0 Å². The minimum Gasteiger partial charge on any atom is -0.399 e. The summed E-state index contributed by atoms with van der Waals surface area (Å²) in [5.41, 5.74) is 7.71. The molecule has 1 fully saturated rings. The Kier molecular flexibility index (Phi) is 5.79. The first kappa shape index (κ1) is 23.7. The molecule has 5 aromatic rings. The van der Waals surface area contributed by atoms with Crippen molar-refractivity contribution < 1.29 is 9.31 Å². The molecule has 0 radical (unpaired) electrons.